The van der Waals surface area contributed by atoms with Crippen molar-refractivity contribution >= 4 is 0 Å². The van der Waals surface area contributed by atoms with Crippen molar-refractivity contribution in [1.82, 2.24) is 15.0 Å². The SMILES string of the molecule is [Zn].c1ncncn1. The van der Waals surface area contributed by atoms with Crippen LogP contribution in [0.1, 0.15) is 0 Å². The number of hydrogen-bond donors (Lipinski definition) is 0. The van der Waals surface area contributed by atoms with Crippen molar-refractivity contribution < 1.29 is 19.5 Å². The van der Waals surface area contributed by atoms with Crippen molar-refractivity contribution in [3.63, 3.8) is 0 Å². The molecule has 1 aromatic heterocycles. The number of aromatic nitrogens is 3. The molecule has 0 spiro atoms. The van der Waals surface area contributed by atoms with Crippen molar-refractivity contribution in [2.24, 2.45) is 0 Å². The van der Waals surface area contributed by atoms with Crippen molar-refractivity contribution in [3.8, 4) is 0 Å². The Hall–Kier alpha value is -0.367. The minimum atomic E-state index is 0. The Bertz CT molecular complexity index is 82.1. The van der Waals surface area contributed by atoms with Gasteiger partial charge < -0.3 is 0 Å². The van der Waals surface area contributed by atoms with Crippen molar-refractivity contribution in [2.75, 3.05) is 0 Å². The maximum absolute atomic E-state index is 3.56. The van der Waals surface area contributed by atoms with Crippen molar-refractivity contribution in [1.29, 1.82) is 0 Å². The molecule has 0 aliphatic heterocycles. The van der Waals surface area contributed by atoms with Gasteiger partial charge in [-0.1, -0.05) is 0 Å². The van der Waals surface area contributed by atoms with Crippen LogP contribution >= 0.6 is 0 Å². The molecule has 0 aliphatic rings. The molecular formula is C3H3N3Zn. The Morgan fingerprint density at radius 2 is 1.00 bits per heavy atom. The molecule has 32 valence electrons. The second kappa shape index (κ2) is 3.81. The van der Waals surface area contributed by atoms with Gasteiger partial charge >= 0.3 is 0 Å². The third-order valence-corrected chi connectivity index (χ3v) is 0.400. The van der Waals surface area contributed by atoms with E-state index in [2.05, 4.69) is 15.0 Å². The second-order valence-corrected chi connectivity index (χ2v) is 0.794. The Kier molecular flexibility index (Phi) is 3.61. The van der Waals surface area contributed by atoms with Gasteiger partial charge in [-0.2, -0.15) is 0 Å². The van der Waals surface area contributed by atoms with Crippen LogP contribution in [0.2, 0.25) is 0 Å². The summed E-state index contributed by atoms with van der Waals surface area (Å²) in [4.78, 5) is 10.7. The van der Waals surface area contributed by atoms with Crippen LogP contribution in [-0.4, -0.2) is 15.0 Å². The first-order valence-electron chi connectivity index (χ1n) is 1.55. The first kappa shape index (κ1) is 6.63. The van der Waals surface area contributed by atoms with E-state index in [1.807, 2.05) is 0 Å². The van der Waals surface area contributed by atoms with Crippen LogP contribution in [0.4, 0.5) is 0 Å². The van der Waals surface area contributed by atoms with Crippen LogP contribution in [0.5, 0.6) is 0 Å². The summed E-state index contributed by atoms with van der Waals surface area (Å²) in [6.45, 7) is 0. The van der Waals surface area contributed by atoms with Crippen LogP contribution in [0, 0.1) is 0 Å². The van der Waals surface area contributed by atoms with Crippen LogP contribution < -0.4 is 0 Å². The Morgan fingerprint density at radius 3 is 1.14 bits per heavy atom. The van der Waals surface area contributed by atoms with Crippen molar-refractivity contribution in [2.45, 2.75) is 0 Å². The summed E-state index contributed by atoms with van der Waals surface area (Å²) in [5.41, 5.74) is 0. The van der Waals surface area contributed by atoms with E-state index in [0.717, 1.165) is 0 Å². The maximum Gasteiger partial charge on any atom is 0.119 e. The zero-order chi connectivity index (χ0) is 4.24. The molecule has 3 nitrogen and oxygen atoms in total. The first-order valence-corrected chi connectivity index (χ1v) is 1.55. The second-order valence-electron chi connectivity index (χ2n) is 0.794. The fourth-order valence-electron chi connectivity index (χ4n) is 0.205. The molecule has 0 aliphatic carbocycles. The third-order valence-electron chi connectivity index (χ3n) is 0.400. The van der Waals surface area contributed by atoms with Crippen molar-refractivity contribution in [3.05, 3.63) is 19.0 Å². The fourth-order valence-corrected chi connectivity index (χ4v) is 0.205. The maximum atomic E-state index is 3.56. The van der Waals surface area contributed by atoms with Crippen LogP contribution in [0.3, 0.4) is 0 Å². The zero-order valence-electron chi connectivity index (χ0n) is 3.78. The molecule has 4 heteroatoms. The number of hydrogen-bond acceptors (Lipinski definition) is 3. The van der Waals surface area contributed by atoms with E-state index in [1.54, 1.807) is 0 Å². The molecule has 0 amide bonds. The van der Waals surface area contributed by atoms with Gasteiger partial charge in [0.2, 0.25) is 0 Å². The molecule has 1 rings (SSSR count). The number of rotatable bonds is 0. The Labute approximate surface area is 54.0 Å². The normalized spacial score (nSPS) is 6.86. The summed E-state index contributed by atoms with van der Waals surface area (Å²) in [6.07, 6.45) is 4.31. The molecule has 0 unspecified atom stereocenters. The third kappa shape index (κ3) is 2.34. The minimum absolute atomic E-state index is 0. The van der Waals surface area contributed by atoms with Gasteiger partial charge in [-0.05, 0) is 0 Å². The van der Waals surface area contributed by atoms with E-state index in [-0.39, 0.29) is 19.5 Å². The molecule has 0 saturated carbocycles. The fraction of sp³-hybridized carbons (Fsp3) is 0. The van der Waals surface area contributed by atoms with E-state index in [1.165, 1.54) is 19.0 Å². The van der Waals surface area contributed by atoms with Crippen LogP contribution in [0.15, 0.2) is 19.0 Å². The monoisotopic (exact) mass is 145 g/mol. The summed E-state index contributed by atoms with van der Waals surface area (Å²) in [5, 5.41) is 0. The quantitative estimate of drug-likeness (QED) is 0.479. The molecule has 0 fully saturated rings. The van der Waals surface area contributed by atoms with Gasteiger partial charge in [-0.3, -0.25) is 0 Å². The standard InChI is InChI=1S/C3H3N3.Zn/c1-4-2-6-3-5-1;/h1-3H;. The largest absolute Gasteiger partial charge is 0.225 e. The Morgan fingerprint density at radius 1 is 0.714 bits per heavy atom. The van der Waals surface area contributed by atoms with E-state index in [9.17, 15) is 0 Å². The predicted molar refractivity (Wildman–Crippen MR) is 19.8 cm³/mol. The first-order chi connectivity index (χ1) is 3.00. The summed E-state index contributed by atoms with van der Waals surface area (Å²) in [5.74, 6) is 0. The predicted octanol–water partition coefficient (Wildman–Crippen LogP) is -0.131. The topological polar surface area (TPSA) is 38.7 Å². The van der Waals surface area contributed by atoms with Gasteiger partial charge in [-0.25, -0.2) is 15.0 Å². The van der Waals surface area contributed by atoms with Crippen LogP contribution in [0.25, 0.3) is 0 Å². The van der Waals surface area contributed by atoms with E-state index < -0.39 is 0 Å². The van der Waals surface area contributed by atoms with Gasteiger partial charge in [0.25, 0.3) is 0 Å². The van der Waals surface area contributed by atoms with E-state index >= 15 is 0 Å². The average Bonchev–Trinajstić information content (AvgIpc) is 1.72. The molecule has 7 heavy (non-hydrogen) atoms. The molecule has 0 N–H and O–H groups in total. The van der Waals surface area contributed by atoms with Gasteiger partial charge in [0, 0.05) is 19.5 Å². The summed E-state index contributed by atoms with van der Waals surface area (Å²) < 4.78 is 0. The molecule has 0 saturated heterocycles. The molecule has 1 aromatic rings. The average molecular weight is 146 g/mol. The Balaban J connectivity index is 0.000000360. The molecule has 0 atom stereocenters. The summed E-state index contributed by atoms with van der Waals surface area (Å²) in [7, 11) is 0. The zero-order valence-corrected chi connectivity index (χ0v) is 6.75. The van der Waals surface area contributed by atoms with E-state index in [4.69, 9.17) is 0 Å². The minimum Gasteiger partial charge on any atom is -0.225 e. The summed E-state index contributed by atoms with van der Waals surface area (Å²) in [6, 6.07) is 0. The van der Waals surface area contributed by atoms with E-state index in [0.29, 0.717) is 0 Å². The number of nitrogens with zero attached hydrogens (tertiary/aromatic N) is 3. The summed E-state index contributed by atoms with van der Waals surface area (Å²) >= 11 is 0. The van der Waals surface area contributed by atoms with Gasteiger partial charge in [0.15, 0.2) is 0 Å². The smallest absolute Gasteiger partial charge is 0.119 e. The molecular weight excluding hydrogens is 143 g/mol. The molecule has 0 bridgehead atoms. The molecule has 0 aromatic carbocycles. The van der Waals surface area contributed by atoms with Crippen LogP contribution in [-0.2, 0) is 19.5 Å². The molecule has 0 radical (unpaired) electrons. The van der Waals surface area contributed by atoms with Gasteiger partial charge in [0.05, 0.1) is 0 Å². The van der Waals surface area contributed by atoms with Gasteiger partial charge in [0.1, 0.15) is 19.0 Å². The van der Waals surface area contributed by atoms with Gasteiger partial charge in [-0.15, -0.1) is 0 Å². The molecule has 1 heterocycles.